The minimum absolute atomic E-state index is 0.261. The Morgan fingerprint density at radius 1 is 1.04 bits per heavy atom. The number of hydrogen-bond donors (Lipinski definition) is 4. The Morgan fingerprint density at radius 3 is 2.22 bits per heavy atom. The summed E-state index contributed by atoms with van der Waals surface area (Å²) in [7, 11) is 0. The molecule has 4 N–H and O–H groups in total. The number of hydrogen-bond acceptors (Lipinski definition) is 3. The first kappa shape index (κ1) is 18.2. The van der Waals surface area contributed by atoms with Crippen LogP contribution in [0.15, 0.2) is 24.3 Å². The minimum atomic E-state index is -0.436. The zero-order valence-electron chi connectivity index (χ0n) is 14.4. The molecule has 23 heavy (non-hydrogen) atoms. The number of rotatable bonds is 8. The Balaban J connectivity index is 1.68. The van der Waals surface area contributed by atoms with Gasteiger partial charge in [0.15, 0.2) is 0 Å². The molecule has 0 amide bonds. The number of aliphatic hydroxyl groups is 2. The molecule has 1 saturated heterocycles. The van der Waals surface area contributed by atoms with E-state index >= 15 is 0 Å². The van der Waals surface area contributed by atoms with Gasteiger partial charge in [0.25, 0.3) is 0 Å². The predicted octanol–water partition coefficient (Wildman–Crippen LogP) is -1.67. The van der Waals surface area contributed by atoms with Crippen LogP contribution in [-0.2, 0) is 0 Å². The fourth-order valence-corrected chi connectivity index (χ4v) is 3.10. The Hall–Kier alpha value is -1.14. The molecule has 0 aromatic heterocycles. The minimum Gasteiger partial charge on any atom is -0.491 e. The first-order valence-electron chi connectivity index (χ1n) is 8.77. The first-order chi connectivity index (χ1) is 11.1. The fraction of sp³-hybridized carbons (Fsp3) is 0.667. The lowest BCUT2D eigenvalue weighted by molar-refractivity contribution is -1.01. The summed E-state index contributed by atoms with van der Waals surface area (Å²) < 4.78 is 5.70. The average Bonchev–Trinajstić information content (AvgIpc) is 2.55. The highest BCUT2D eigenvalue weighted by Gasteiger charge is 2.24. The van der Waals surface area contributed by atoms with Crippen LogP contribution in [0.1, 0.15) is 25.3 Å². The molecular weight excluding hydrogens is 292 g/mol. The monoisotopic (exact) mass is 324 g/mol. The molecule has 1 aliphatic rings. The lowest BCUT2D eigenvalue weighted by Gasteiger charge is -2.30. The average molecular weight is 324 g/mol. The van der Waals surface area contributed by atoms with Crippen molar-refractivity contribution in [2.75, 3.05) is 52.5 Å². The van der Waals surface area contributed by atoms with E-state index in [1.54, 1.807) is 0 Å². The molecule has 2 rings (SSSR count). The van der Waals surface area contributed by atoms with Crippen LogP contribution in [0, 0.1) is 0 Å². The van der Waals surface area contributed by atoms with Gasteiger partial charge in [-0.25, -0.2) is 0 Å². The highest BCUT2D eigenvalue weighted by Crippen LogP contribution is 2.18. The molecule has 5 nitrogen and oxygen atoms in total. The van der Waals surface area contributed by atoms with Crippen molar-refractivity contribution in [1.29, 1.82) is 0 Å². The van der Waals surface area contributed by atoms with Gasteiger partial charge in [0, 0.05) is 0 Å². The topological polar surface area (TPSA) is 58.6 Å². The summed E-state index contributed by atoms with van der Waals surface area (Å²) in [5.74, 6) is 1.34. The van der Waals surface area contributed by atoms with Gasteiger partial charge in [-0.2, -0.15) is 0 Å². The van der Waals surface area contributed by atoms with Crippen LogP contribution in [0.5, 0.6) is 5.75 Å². The van der Waals surface area contributed by atoms with Crippen molar-refractivity contribution in [2.24, 2.45) is 0 Å². The lowest BCUT2D eigenvalue weighted by atomic mass is 10.0. The molecular formula is C18H32N2O3+2. The molecule has 0 radical (unpaired) electrons. The second-order valence-electron chi connectivity index (χ2n) is 6.87. The molecule has 1 fully saturated rings. The van der Waals surface area contributed by atoms with E-state index < -0.39 is 6.10 Å². The molecule has 0 spiro atoms. The molecule has 1 unspecified atom stereocenters. The number of benzene rings is 1. The summed E-state index contributed by atoms with van der Waals surface area (Å²) in [4.78, 5) is 2.89. The highest BCUT2D eigenvalue weighted by atomic mass is 16.5. The third kappa shape index (κ3) is 6.11. The molecule has 1 aromatic carbocycles. The number of quaternary nitrogens is 2. The fourth-order valence-electron chi connectivity index (χ4n) is 3.10. The number of nitrogens with one attached hydrogen (secondary N) is 2. The Labute approximate surface area is 139 Å². The normalized spacial score (nSPS) is 23.0. The Kier molecular flexibility index (Phi) is 7.30. The van der Waals surface area contributed by atoms with Crippen LogP contribution in [-0.4, -0.2) is 68.8 Å². The van der Waals surface area contributed by atoms with Crippen molar-refractivity contribution >= 4 is 0 Å². The Bertz CT molecular complexity index is 442. The zero-order chi connectivity index (χ0) is 16.7. The van der Waals surface area contributed by atoms with Gasteiger partial charge in [0.2, 0.25) is 0 Å². The molecule has 1 aliphatic heterocycles. The van der Waals surface area contributed by atoms with E-state index in [2.05, 4.69) is 26.0 Å². The van der Waals surface area contributed by atoms with Gasteiger partial charge >= 0.3 is 0 Å². The van der Waals surface area contributed by atoms with Crippen molar-refractivity contribution in [1.82, 2.24) is 0 Å². The van der Waals surface area contributed by atoms with Crippen molar-refractivity contribution in [3.05, 3.63) is 29.8 Å². The van der Waals surface area contributed by atoms with Gasteiger partial charge in [-0.15, -0.1) is 0 Å². The third-order valence-corrected chi connectivity index (χ3v) is 4.64. The SMILES string of the molecule is CC(C)c1ccc(OCC(O)C[NH+]2CC[NH+](CCO)CC2)cc1. The maximum atomic E-state index is 10.2. The summed E-state index contributed by atoms with van der Waals surface area (Å²) in [5.41, 5.74) is 1.30. The first-order valence-corrected chi connectivity index (χ1v) is 8.77. The quantitative estimate of drug-likeness (QED) is 0.462. The van der Waals surface area contributed by atoms with Gasteiger partial charge < -0.3 is 24.7 Å². The van der Waals surface area contributed by atoms with Crippen molar-refractivity contribution in [3.63, 3.8) is 0 Å². The highest BCUT2D eigenvalue weighted by molar-refractivity contribution is 5.28. The molecule has 5 heteroatoms. The molecule has 1 heterocycles. The van der Waals surface area contributed by atoms with E-state index in [9.17, 15) is 5.11 Å². The van der Waals surface area contributed by atoms with E-state index in [0.717, 1.165) is 45.0 Å². The number of aliphatic hydroxyl groups excluding tert-OH is 2. The summed E-state index contributed by atoms with van der Waals surface area (Å²) >= 11 is 0. The maximum absolute atomic E-state index is 10.2. The maximum Gasteiger partial charge on any atom is 0.137 e. The molecule has 1 atom stereocenters. The van der Waals surface area contributed by atoms with Crippen LogP contribution in [0.4, 0.5) is 0 Å². The van der Waals surface area contributed by atoms with Crippen LogP contribution >= 0.6 is 0 Å². The molecule has 130 valence electrons. The van der Waals surface area contributed by atoms with Crippen LogP contribution in [0.25, 0.3) is 0 Å². The van der Waals surface area contributed by atoms with Crippen molar-refractivity contribution < 1.29 is 24.7 Å². The van der Waals surface area contributed by atoms with E-state index in [0.29, 0.717) is 12.5 Å². The standard InChI is InChI=1S/C18H30N2O3/c1-15(2)16-3-5-18(6-4-16)23-14-17(22)13-20-9-7-19(8-10-20)11-12-21/h3-6,15,17,21-22H,7-14H2,1-2H3/p+2. The molecule has 0 aliphatic carbocycles. The van der Waals surface area contributed by atoms with Crippen LogP contribution in [0.3, 0.4) is 0 Å². The summed E-state index contributed by atoms with van der Waals surface area (Å²) in [6.07, 6.45) is -0.436. The van der Waals surface area contributed by atoms with Gasteiger partial charge in [-0.3, -0.25) is 0 Å². The second-order valence-corrected chi connectivity index (χ2v) is 6.87. The summed E-state index contributed by atoms with van der Waals surface area (Å²) in [6.45, 7) is 10.8. The van der Waals surface area contributed by atoms with Crippen molar-refractivity contribution in [2.45, 2.75) is 25.9 Å². The number of piperazine rings is 1. The van der Waals surface area contributed by atoms with E-state index in [1.165, 1.54) is 15.4 Å². The molecule has 0 bridgehead atoms. The van der Waals surface area contributed by atoms with E-state index in [1.807, 2.05) is 12.1 Å². The van der Waals surface area contributed by atoms with E-state index in [4.69, 9.17) is 9.84 Å². The van der Waals surface area contributed by atoms with Gasteiger partial charge in [-0.05, 0) is 23.6 Å². The van der Waals surface area contributed by atoms with Gasteiger partial charge in [-0.1, -0.05) is 26.0 Å². The second kappa shape index (κ2) is 9.23. The molecule has 1 aromatic rings. The smallest absolute Gasteiger partial charge is 0.137 e. The van der Waals surface area contributed by atoms with Crippen LogP contribution in [0.2, 0.25) is 0 Å². The summed E-state index contributed by atoms with van der Waals surface area (Å²) in [6, 6.07) is 8.12. The number of ether oxygens (including phenoxy) is 1. The van der Waals surface area contributed by atoms with Crippen molar-refractivity contribution in [3.8, 4) is 5.75 Å². The largest absolute Gasteiger partial charge is 0.491 e. The van der Waals surface area contributed by atoms with Gasteiger partial charge in [0.05, 0.1) is 6.61 Å². The molecule has 0 saturated carbocycles. The Morgan fingerprint density at radius 2 is 1.65 bits per heavy atom. The lowest BCUT2D eigenvalue weighted by Crippen LogP contribution is -3.28. The van der Waals surface area contributed by atoms with E-state index in [-0.39, 0.29) is 6.61 Å². The van der Waals surface area contributed by atoms with Crippen LogP contribution < -0.4 is 14.5 Å². The van der Waals surface area contributed by atoms with Gasteiger partial charge in [0.1, 0.15) is 57.7 Å². The zero-order valence-corrected chi connectivity index (χ0v) is 14.4. The summed E-state index contributed by atoms with van der Waals surface area (Å²) in [5, 5.41) is 19.2. The third-order valence-electron chi connectivity index (χ3n) is 4.64. The predicted molar refractivity (Wildman–Crippen MR) is 90.2 cm³/mol.